The summed E-state index contributed by atoms with van der Waals surface area (Å²) < 4.78 is 6.34. The van der Waals surface area contributed by atoms with Gasteiger partial charge in [0.1, 0.15) is 10.1 Å². The summed E-state index contributed by atoms with van der Waals surface area (Å²) in [6, 6.07) is 17.2. The quantitative estimate of drug-likeness (QED) is 0.502. The molecule has 2 amide bonds. The van der Waals surface area contributed by atoms with Crippen LogP contribution in [0, 0.1) is 0 Å². The number of hydrogen-bond donors (Lipinski definition) is 0. The van der Waals surface area contributed by atoms with Gasteiger partial charge in [-0.2, -0.15) is 0 Å². The number of para-hydroxylation sites is 1. The van der Waals surface area contributed by atoms with E-state index in [2.05, 4.69) is 0 Å². The number of benzene rings is 2. The van der Waals surface area contributed by atoms with E-state index in [1.54, 1.807) is 11.0 Å². The lowest BCUT2D eigenvalue weighted by molar-refractivity contribution is -0.132. The summed E-state index contributed by atoms with van der Waals surface area (Å²) in [5.74, 6) is 0.465. The number of carbonyl (C=O) groups is 2. The number of likely N-dealkylation sites (tertiary alicyclic amines) is 1. The summed E-state index contributed by atoms with van der Waals surface area (Å²) in [5, 5.41) is 0. The first kappa shape index (κ1) is 20.6. The molecule has 0 unspecified atom stereocenters. The van der Waals surface area contributed by atoms with E-state index in [1.807, 2.05) is 59.5 Å². The number of thiocarbonyl (C=S) groups is 1. The molecule has 2 aliphatic rings. The van der Waals surface area contributed by atoms with Crippen molar-refractivity contribution in [3.63, 3.8) is 0 Å². The van der Waals surface area contributed by atoms with Gasteiger partial charge in [-0.1, -0.05) is 72.5 Å². The highest BCUT2D eigenvalue weighted by Crippen LogP contribution is 2.35. The molecule has 30 heavy (non-hydrogen) atoms. The van der Waals surface area contributed by atoms with E-state index in [9.17, 15) is 9.59 Å². The van der Waals surface area contributed by atoms with Crippen molar-refractivity contribution in [2.24, 2.45) is 0 Å². The molecular weight excluding hydrogens is 416 g/mol. The molecule has 0 aliphatic carbocycles. The monoisotopic (exact) mass is 438 g/mol. The van der Waals surface area contributed by atoms with Gasteiger partial charge in [0.05, 0.1) is 11.4 Å². The number of nitrogens with zero attached hydrogens (tertiary/aromatic N) is 2. The van der Waals surface area contributed by atoms with Gasteiger partial charge in [0.2, 0.25) is 0 Å². The Bertz CT molecular complexity index is 985. The van der Waals surface area contributed by atoms with Crippen molar-refractivity contribution >= 4 is 46.2 Å². The minimum absolute atomic E-state index is 0.000178. The van der Waals surface area contributed by atoms with Gasteiger partial charge in [0.15, 0.2) is 6.61 Å². The van der Waals surface area contributed by atoms with Crippen LogP contribution in [0.2, 0.25) is 0 Å². The number of thioether (sulfide) groups is 1. The number of rotatable bonds is 6. The Morgan fingerprint density at radius 2 is 1.77 bits per heavy atom. The number of amides is 2. The molecule has 4 rings (SSSR count). The van der Waals surface area contributed by atoms with Crippen LogP contribution in [0.1, 0.15) is 24.0 Å². The Morgan fingerprint density at radius 3 is 2.53 bits per heavy atom. The third kappa shape index (κ3) is 4.74. The lowest BCUT2D eigenvalue weighted by atomic mass is 10.1. The smallest absolute Gasteiger partial charge is 0.266 e. The maximum Gasteiger partial charge on any atom is 0.266 e. The summed E-state index contributed by atoms with van der Waals surface area (Å²) in [6.45, 7) is 2.05. The zero-order chi connectivity index (χ0) is 20.9. The fraction of sp³-hybridized carbons (Fsp3) is 0.261. The average Bonchev–Trinajstić information content (AvgIpc) is 3.39. The minimum atomic E-state index is -0.114. The van der Waals surface area contributed by atoms with Crippen LogP contribution in [0.15, 0.2) is 59.5 Å². The topological polar surface area (TPSA) is 49.9 Å². The van der Waals surface area contributed by atoms with Crippen molar-refractivity contribution in [2.75, 3.05) is 19.7 Å². The first-order valence-corrected chi connectivity index (χ1v) is 11.1. The molecule has 0 aromatic heterocycles. The van der Waals surface area contributed by atoms with Crippen LogP contribution in [-0.2, 0) is 16.1 Å². The van der Waals surface area contributed by atoms with Crippen molar-refractivity contribution in [3.8, 4) is 5.75 Å². The van der Waals surface area contributed by atoms with E-state index < -0.39 is 0 Å². The summed E-state index contributed by atoms with van der Waals surface area (Å²) >= 11 is 6.72. The van der Waals surface area contributed by atoms with Gasteiger partial charge in [0.25, 0.3) is 11.8 Å². The molecule has 2 fully saturated rings. The van der Waals surface area contributed by atoms with Gasteiger partial charge < -0.3 is 9.64 Å². The van der Waals surface area contributed by atoms with E-state index in [0.717, 1.165) is 37.1 Å². The molecule has 7 heteroatoms. The number of carbonyl (C=O) groups excluding carboxylic acids is 2. The SMILES string of the molecule is O=C(COc1ccccc1/C=C1\SC(=S)N(Cc2ccccc2)C1=O)N1CCCC1. The molecule has 2 aromatic rings. The summed E-state index contributed by atoms with van der Waals surface area (Å²) in [7, 11) is 0. The lowest BCUT2D eigenvalue weighted by Gasteiger charge is -2.16. The molecule has 0 N–H and O–H groups in total. The molecule has 0 saturated carbocycles. The highest BCUT2D eigenvalue weighted by molar-refractivity contribution is 8.26. The molecule has 5 nitrogen and oxygen atoms in total. The number of hydrogen-bond acceptors (Lipinski definition) is 5. The fourth-order valence-corrected chi connectivity index (χ4v) is 4.72. The molecule has 154 valence electrons. The fourth-order valence-electron chi connectivity index (χ4n) is 3.47. The Hall–Kier alpha value is -2.64. The Kier molecular flexibility index (Phi) is 6.50. The van der Waals surface area contributed by atoms with Gasteiger partial charge in [-0.05, 0) is 30.5 Å². The second-order valence-electron chi connectivity index (χ2n) is 7.17. The van der Waals surface area contributed by atoms with Gasteiger partial charge in [-0.15, -0.1) is 0 Å². The molecule has 0 radical (unpaired) electrons. The van der Waals surface area contributed by atoms with Crippen LogP contribution in [0.25, 0.3) is 6.08 Å². The predicted molar refractivity (Wildman–Crippen MR) is 123 cm³/mol. The van der Waals surface area contributed by atoms with Crippen molar-refractivity contribution in [1.82, 2.24) is 9.80 Å². The lowest BCUT2D eigenvalue weighted by Crippen LogP contribution is -2.32. The third-order valence-electron chi connectivity index (χ3n) is 5.07. The second kappa shape index (κ2) is 9.45. The Morgan fingerprint density at radius 1 is 1.07 bits per heavy atom. The summed E-state index contributed by atoms with van der Waals surface area (Å²) in [6.07, 6.45) is 3.89. The van der Waals surface area contributed by atoms with E-state index in [-0.39, 0.29) is 18.4 Å². The zero-order valence-electron chi connectivity index (χ0n) is 16.5. The van der Waals surface area contributed by atoms with E-state index in [1.165, 1.54) is 11.8 Å². The highest BCUT2D eigenvalue weighted by atomic mass is 32.2. The van der Waals surface area contributed by atoms with Gasteiger partial charge in [-0.25, -0.2) is 0 Å². The van der Waals surface area contributed by atoms with Gasteiger partial charge in [0, 0.05) is 18.7 Å². The maximum atomic E-state index is 12.9. The van der Waals surface area contributed by atoms with Crippen molar-refractivity contribution in [1.29, 1.82) is 0 Å². The molecule has 2 aliphatic heterocycles. The van der Waals surface area contributed by atoms with Crippen LogP contribution < -0.4 is 4.74 Å². The van der Waals surface area contributed by atoms with Gasteiger partial charge >= 0.3 is 0 Å². The summed E-state index contributed by atoms with van der Waals surface area (Å²) in [4.78, 5) is 29.2. The van der Waals surface area contributed by atoms with E-state index >= 15 is 0 Å². The highest BCUT2D eigenvalue weighted by Gasteiger charge is 2.32. The van der Waals surface area contributed by atoms with Crippen LogP contribution in [0.5, 0.6) is 5.75 Å². The largest absolute Gasteiger partial charge is 0.483 e. The molecule has 2 heterocycles. The van der Waals surface area contributed by atoms with Crippen LogP contribution >= 0.6 is 24.0 Å². The first-order valence-electron chi connectivity index (χ1n) is 9.91. The molecule has 0 spiro atoms. The van der Waals surface area contributed by atoms with E-state index in [4.69, 9.17) is 17.0 Å². The van der Waals surface area contributed by atoms with E-state index in [0.29, 0.717) is 21.5 Å². The van der Waals surface area contributed by atoms with Gasteiger partial charge in [-0.3, -0.25) is 14.5 Å². The second-order valence-corrected chi connectivity index (χ2v) is 8.84. The maximum absolute atomic E-state index is 12.9. The normalized spacial score (nSPS) is 17.8. The zero-order valence-corrected chi connectivity index (χ0v) is 18.1. The average molecular weight is 439 g/mol. The van der Waals surface area contributed by atoms with Crippen LogP contribution in [0.4, 0.5) is 0 Å². The summed E-state index contributed by atoms with van der Waals surface area (Å²) in [5.41, 5.74) is 1.78. The predicted octanol–water partition coefficient (Wildman–Crippen LogP) is 4.09. The first-order chi connectivity index (χ1) is 14.6. The Labute approximate surface area is 185 Å². The van der Waals surface area contributed by atoms with Crippen LogP contribution in [0.3, 0.4) is 0 Å². The van der Waals surface area contributed by atoms with Crippen molar-refractivity contribution in [2.45, 2.75) is 19.4 Å². The molecular formula is C23H22N2O3S2. The molecule has 2 aromatic carbocycles. The number of ether oxygens (including phenoxy) is 1. The molecule has 0 bridgehead atoms. The Balaban J connectivity index is 1.47. The van der Waals surface area contributed by atoms with Crippen molar-refractivity contribution < 1.29 is 14.3 Å². The minimum Gasteiger partial charge on any atom is -0.483 e. The molecule has 2 saturated heterocycles. The van der Waals surface area contributed by atoms with Crippen molar-refractivity contribution in [3.05, 3.63) is 70.6 Å². The molecule has 0 atom stereocenters. The van der Waals surface area contributed by atoms with Crippen LogP contribution in [-0.4, -0.2) is 45.6 Å². The standard InChI is InChI=1S/C23H22N2O3S2/c26-21(24-12-6-7-13-24)16-28-19-11-5-4-10-18(19)14-20-22(27)25(23(29)30-20)15-17-8-2-1-3-9-17/h1-5,8-11,14H,6-7,12-13,15-16H2/b20-14-. The third-order valence-corrected chi connectivity index (χ3v) is 6.45.